The molecule has 0 bridgehead atoms. The number of nitrogens with one attached hydrogen (secondary N) is 2. The number of hydrogen-bond donors (Lipinski definition) is 2. The zero-order chi connectivity index (χ0) is 15.9. The number of ether oxygens (including phenoxy) is 1. The summed E-state index contributed by atoms with van der Waals surface area (Å²) in [5, 5.41) is 5.07. The molecule has 6 nitrogen and oxygen atoms in total. The van der Waals surface area contributed by atoms with E-state index in [1.807, 2.05) is 24.3 Å². The second kappa shape index (κ2) is 7.68. The Balaban J connectivity index is 1.84. The predicted molar refractivity (Wildman–Crippen MR) is 86.1 cm³/mol. The van der Waals surface area contributed by atoms with E-state index < -0.39 is 6.09 Å². The van der Waals surface area contributed by atoms with Gasteiger partial charge in [0, 0.05) is 24.5 Å². The topological polar surface area (TPSA) is 70.7 Å². The third-order valence-electron chi connectivity index (χ3n) is 3.88. The van der Waals surface area contributed by atoms with Gasteiger partial charge in [0.2, 0.25) is 5.91 Å². The standard InChI is InChI=1S/C16H23N3O3/c1-12-7-9-19(10-8-12)14-5-3-13(4-6-14)18-15(20)11-17-16(21)22-2/h3-6,12H,7-11H2,1-2H3,(H,17,21)(H,18,20). The molecule has 120 valence electrons. The highest BCUT2D eigenvalue weighted by atomic mass is 16.5. The molecule has 1 fully saturated rings. The Labute approximate surface area is 130 Å². The van der Waals surface area contributed by atoms with Crippen LogP contribution in [-0.2, 0) is 9.53 Å². The molecule has 0 unspecified atom stereocenters. The predicted octanol–water partition coefficient (Wildman–Crippen LogP) is 2.22. The third-order valence-corrected chi connectivity index (χ3v) is 3.88. The van der Waals surface area contributed by atoms with Crippen LogP contribution >= 0.6 is 0 Å². The Hall–Kier alpha value is -2.24. The SMILES string of the molecule is COC(=O)NCC(=O)Nc1ccc(N2CCC(C)CC2)cc1. The van der Waals surface area contributed by atoms with Crippen molar-refractivity contribution < 1.29 is 14.3 Å². The number of nitrogens with zero attached hydrogens (tertiary/aromatic N) is 1. The van der Waals surface area contributed by atoms with Crippen molar-refractivity contribution in [3.05, 3.63) is 24.3 Å². The van der Waals surface area contributed by atoms with Crippen LogP contribution in [0.25, 0.3) is 0 Å². The molecule has 0 aromatic heterocycles. The first-order valence-electron chi connectivity index (χ1n) is 7.55. The van der Waals surface area contributed by atoms with Crippen LogP contribution < -0.4 is 15.5 Å². The van der Waals surface area contributed by atoms with Crippen molar-refractivity contribution in [2.75, 3.05) is 37.0 Å². The van der Waals surface area contributed by atoms with Gasteiger partial charge in [0.1, 0.15) is 6.54 Å². The van der Waals surface area contributed by atoms with Crippen molar-refractivity contribution in [1.82, 2.24) is 5.32 Å². The van der Waals surface area contributed by atoms with Crippen LogP contribution in [0, 0.1) is 5.92 Å². The molecule has 1 saturated heterocycles. The maximum atomic E-state index is 11.7. The number of hydrogen-bond acceptors (Lipinski definition) is 4. The fraction of sp³-hybridized carbons (Fsp3) is 0.500. The summed E-state index contributed by atoms with van der Waals surface area (Å²) in [6.07, 6.45) is 1.82. The molecule has 0 spiro atoms. The van der Waals surface area contributed by atoms with Gasteiger partial charge >= 0.3 is 6.09 Å². The Bertz CT molecular complexity index is 508. The lowest BCUT2D eigenvalue weighted by atomic mass is 9.99. The normalized spacial score (nSPS) is 15.3. The minimum atomic E-state index is -0.621. The summed E-state index contributed by atoms with van der Waals surface area (Å²) in [6.45, 7) is 4.34. The molecular weight excluding hydrogens is 282 g/mol. The molecule has 0 aliphatic carbocycles. The molecule has 2 amide bonds. The number of carbonyl (C=O) groups is 2. The molecule has 1 aliphatic rings. The van der Waals surface area contributed by atoms with E-state index in [2.05, 4.69) is 27.2 Å². The fourth-order valence-corrected chi connectivity index (χ4v) is 2.45. The first kappa shape index (κ1) is 16.1. The number of anilines is 2. The number of benzene rings is 1. The van der Waals surface area contributed by atoms with Gasteiger partial charge in [-0.2, -0.15) is 0 Å². The summed E-state index contributed by atoms with van der Waals surface area (Å²) in [5.74, 6) is 0.516. The summed E-state index contributed by atoms with van der Waals surface area (Å²) in [5.41, 5.74) is 1.89. The smallest absolute Gasteiger partial charge is 0.407 e. The molecule has 2 rings (SSSR count). The number of piperidine rings is 1. The van der Waals surface area contributed by atoms with E-state index in [1.165, 1.54) is 25.6 Å². The van der Waals surface area contributed by atoms with E-state index in [9.17, 15) is 9.59 Å². The lowest BCUT2D eigenvalue weighted by molar-refractivity contribution is -0.115. The van der Waals surface area contributed by atoms with E-state index >= 15 is 0 Å². The van der Waals surface area contributed by atoms with Crippen LogP contribution in [0.2, 0.25) is 0 Å². The average molecular weight is 305 g/mol. The highest BCUT2D eigenvalue weighted by Crippen LogP contribution is 2.24. The highest BCUT2D eigenvalue weighted by Gasteiger charge is 2.15. The molecular formula is C16H23N3O3. The Morgan fingerprint density at radius 1 is 1.23 bits per heavy atom. The van der Waals surface area contributed by atoms with Crippen molar-refractivity contribution in [3.8, 4) is 0 Å². The molecule has 1 aliphatic heterocycles. The minimum Gasteiger partial charge on any atom is -0.453 e. The number of carbonyl (C=O) groups excluding carboxylic acids is 2. The quantitative estimate of drug-likeness (QED) is 0.895. The average Bonchev–Trinajstić information content (AvgIpc) is 2.54. The van der Waals surface area contributed by atoms with Gasteiger partial charge in [0.25, 0.3) is 0 Å². The Morgan fingerprint density at radius 2 is 1.86 bits per heavy atom. The van der Waals surface area contributed by atoms with Gasteiger partial charge in [-0.25, -0.2) is 4.79 Å². The van der Waals surface area contributed by atoms with Crippen LogP contribution in [0.3, 0.4) is 0 Å². The van der Waals surface area contributed by atoms with Gasteiger partial charge in [-0.15, -0.1) is 0 Å². The molecule has 1 aromatic rings. The number of alkyl carbamates (subject to hydrolysis) is 1. The fourth-order valence-electron chi connectivity index (χ4n) is 2.45. The molecule has 22 heavy (non-hydrogen) atoms. The second-order valence-electron chi connectivity index (χ2n) is 5.61. The van der Waals surface area contributed by atoms with Crippen LogP contribution in [0.1, 0.15) is 19.8 Å². The molecule has 1 aromatic carbocycles. The summed E-state index contributed by atoms with van der Waals surface area (Å²) in [4.78, 5) is 24.9. The van der Waals surface area contributed by atoms with E-state index in [0.29, 0.717) is 5.69 Å². The summed E-state index contributed by atoms with van der Waals surface area (Å²) in [7, 11) is 1.26. The van der Waals surface area contributed by atoms with E-state index in [4.69, 9.17) is 0 Å². The first-order chi connectivity index (χ1) is 10.6. The van der Waals surface area contributed by atoms with Gasteiger partial charge in [0.15, 0.2) is 0 Å². The molecule has 0 atom stereocenters. The number of methoxy groups -OCH3 is 1. The number of rotatable bonds is 4. The molecule has 6 heteroatoms. The maximum Gasteiger partial charge on any atom is 0.407 e. The van der Waals surface area contributed by atoms with Gasteiger partial charge in [-0.3, -0.25) is 4.79 Å². The van der Waals surface area contributed by atoms with Crippen LogP contribution in [-0.4, -0.2) is 38.7 Å². The van der Waals surface area contributed by atoms with Crippen molar-refractivity contribution in [2.24, 2.45) is 5.92 Å². The van der Waals surface area contributed by atoms with Crippen LogP contribution in [0.5, 0.6) is 0 Å². The lowest BCUT2D eigenvalue weighted by Gasteiger charge is -2.32. The van der Waals surface area contributed by atoms with Crippen molar-refractivity contribution in [1.29, 1.82) is 0 Å². The third kappa shape index (κ3) is 4.65. The van der Waals surface area contributed by atoms with Crippen molar-refractivity contribution in [2.45, 2.75) is 19.8 Å². The summed E-state index contributed by atoms with van der Waals surface area (Å²) < 4.78 is 4.41. The van der Waals surface area contributed by atoms with Crippen LogP contribution in [0.4, 0.5) is 16.2 Å². The van der Waals surface area contributed by atoms with Crippen LogP contribution in [0.15, 0.2) is 24.3 Å². The second-order valence-corrected chi connectivity index (χ2v) is 5.61. The largest absolute Gasteiger partial charge is 0.453 e. The lowest BCUT2D eigenvalue weighted by Crippen LogP contribution is -2.33. The minimum absolute atomic E-state index is 0.113. The monoisotopic (exact) mass is 305 g/mol. The highest BCUT2D eigenvalue weighted by molar-refractivity contribution is 5.93. The summed E-state index contributed by atoms with van der Waals surface area (Å²) >= 11 is 0. The Morgan fingerprint density at radius 3 is 2.45 bits per heavy atom. The summed E-state index contributed by atoms with van der Waals surface area (Å²) in [6, 6.07) is 7.78. The zero-order valence-corrected chi connectivity index (χ0v) is 13.1. The van der Waals surface area contributed by atoms with Crippen molar-refractivity contribution in [3.63, 3.8) is 0 Å². The van der Waals surface area contributed by atoms with Crippen molar-refractivity contribution >= 4 is 23.4 Å². The molecule has 0 saturated carbocycles. The first-order valence-corrected chi connectivity index (χ1v) is 7.55. The van der Waals surface area contributed by atoms with Gasteiger partial charge in [-0.1, -0.05) is 6.92 Å². The van der Waals surface area contributed by atoms with Gasteiger partial charge < -0.3 is 20.3 Å². The zero-order valence-electron chi connectivity index (χ0n) is 13.1. The van der Waals surface area contributed by atoms with E-state index in [0.717, 1.165) is 19.0 Å². The molecule has 1 heterocycles. The number of amides is 2. The van der Waals surface area contributed by atoms with E-state index in [-0.39, 0.29) is 12.5 Å². The van der Waals surface area contributed by atoms with Gasteiger partial charge in [0.05, 0.1) is 7.11 Å². The molecule has 2 N–H and O–H groups in total. The van der Waals surface area contributed by atoms with E-state index in [1.54, 1.807) is 0 Å². The Kier molecular flexibility index (Phi) is 5.63. The molecule has 0 radical (unpaired) electrons. The van der Waals surface area contributed by atoms with Gasteiger partial charge in [-0.05, 0) is 43.0 Å². The maximum absolute atomic E-state index is 11.7.